The van der Waals surface area contributed by atoms with Gasteiger partial charge in [0.2, 0.25) is 5.91 Å². The number of nitriles is 1. The number of nitrogens with zero attached hydrogens (tertiary/aromatic N) is 1. The van der Waals surface area contributed by atoms with Gasteiger partial charge in [0, 0.05) is 22.8 Å². The van der Waals surface area contributed by atoms with E-state index in [1.807, 2.05) is 6.07 Å². The maximum atomic E-state index is 13.0. The minimum atomic E-state index is -1.12. The number of nitrogens with one attached hydrogen (secondary N) is 3. The summed E-state index contributed by atoms with van der Waals surface area (Å²) >= 11 is 5.92. The number of carboxylic acids is 1. The highest BCUT2D eigenvalue weighted by atomic mass is 35.5. The Hall–Kier alpha value is -4.68. The van der Waals surface area contributed by atoms with Gasteiger partial charge in [-0.25, -0.2) is 4.79 Å². The summed E-state index contributed by atoms with van der Waals surface area (Å²) in [6.45, 7) is 0. The lowest BCUT2D eigenvalue weighted by Gasteiger charge is -2.19. The Labute approximate surface area is 205 Å². The second-order valence-corrected chi connectivity index (χ2v) is 7.82. The maximum Gasteiger partial charge on any atom is 0.335 e. The van der Waals surface area contributed by atoms with E-state index < -0.39 is 29.7 Å². The number of hydrogen-bond donors (Lipinski definition) is 4. The minimum Gasteiger partial charge on any atom is -0.478 e. The van der Waals surface area contributed by atoms with Crippen LogP contribution >= 0.6 is 11.6 Å². The lowest BCUT2D eigenvalue weighted by atomic mass is 10.0. The van der Waals surface area contributed by atoms with Crippen molar-refractivity contribution in [2.24, 2.45) is 0 Å². The molecule has 3 amide bonds. The summed E-state index contributed by atoms with van der Waals surface area (Å²) in [6, 6.07) is 19.3. The lowest BCUT2D eigenvalue weighted by Crippen LogP contribution is -2.48. The molecule has 0 aliphatic rings. The molecule has 0 bridgehead atoms. The Morgan fingerprint density at radius 3 is 2.20 bits per heavy atom. The van der Waals surface area contributed by atoms with E-state index in [9.17, 15) is 19.2 Å². The van der Waals surface area contributed by atoms with E-state index >= 15 is 0 Å². The highest BCUT2D eigenvalue weighted by Gasteiger charge is 2.25. The first kappa shape index (κ1) is 25.0. The number of carbonyl (C=O) groups is 4. The molecule has 0 heterocycles. The van der Waals surface area contributed by atoms with Gasteiger partial charge < -0.3 is 21.1 Å². The largest absolute Gasteiger partial charge is 0.478 e. The summed E-state index contributed by atoms with van der Waals surface area (Å²) in [5.41, 5.74) is 1.46. The van der Waals surface area contributed by atoms with Crippen molar-refractivity contribution < 1.29 is 24.3 Å². The van der Waals surface area contributed by atoms with Gasteiger partial charge in [-0.05, 0) is 48.0 Å². The summed E-state index contributed by atoms with van der Waals surface area (Å²) in [6.07, 6.45) is 0.0919. The van der Waals surface area contributed by atoms with Gasteiger partial charge in [0.25, 0.3) is 0 Å². The minimum absolute atomic E-state index is 0.0504. The van der Waals surface area contributed by atoms with Crippen molar-refractivity contribution in [3.63, 3.8) is 0 Å². The van der Waals surface area contributed by atoms with Crippen LogP contribution in [0.25, 0.3) is 0 Å². The fraction of sp³-hybridized carbons (Fsp3) is 0.0800. The van der Waals surface area contributed by atoms with Gasteiger partial charge in [0.15, 0.2) is 0 Å². The SMILES string of the molecule is N#Cc1cc(Cl)cc(NC(=O)C(=O)N[C@@H](Cc2ccccc2)C(=O)Nc2ccc(C(=O)O)cc2)c1. The Balaban J connectivity index is 1.74. The van der Waals surface area contributed by atoms with Gasteiger partial charge in [-0.3, -0.25) is 14.4 Å². The molecule has 3 aromatic rings. The predicted octanol–water partition coefficient (Wildman–Crippen LogP) is 3.21. The summed E-state index contributed by atoms with van der Waals surface area (Å²) in [5, 5.41) is 25.7. The van der Waals surface area contributed by atoms with Crippen molar-refractivity contribution >= 4 is 46.7 Å². The van der Waals surface area contributed by atoms with Crippen LogP contribution in [0.2, 0.25) is 5.02 Å². The third-order valence-electron chi connectivity index (χ3n) is 4.79. The standard InChI is InChI=1S/C25H19ClN4O5/c26-18-10-16(14-27)11-20(13-18)29-23(32)24(33)30-21(12-15-4-2-1-3-5-15)22(31)28-19-8-6-17(7-9-19)25(34)35/h1-11,13,21H,12H2,(H,28,31)(H,29,32)(H,30,33)(H,34,35)/t21-/m0/s1. The second-order valence-electron chi connectivity index (χ2n) is 7.38. The third-order valence-corrected chi connectivity index (χ3v) is 5.01. The van der Waals surface area contributed by atoms with Crippen molar-refractivity contribution in [1.82, 2.24) is 5.32 Å². The third kappa shape index (κ3) is 7.15. The molecule has 0 aromatic heterocycles. The Bertz CT molecular complexity index is 1300. The number of halogens is 1. The van der Waals surface area contributed by atoms with Gasteiger partial charge in [-0.1, -0.05) is 41.9 Å². The molecule has 3 rings (SSSR count). The van der Waals surface area contributed by atoms with Crippen LogP contribution in [0.3, 0.4) is 0 Å². The second kappa shape index (κ2) is 11.4. The van der Waals surface area contributed by atoms with Gasteiger partial charge in [-0.15, -0.1) is 0 Å². The summed E-state index contributed by atoms with van der Waals surface area (Å²) in [7, 11) is 0. The number of benzene rings is 3. The molecule has 9 nitrogen and oxygen atoms in total. The lowest BCUT2D eigenvalue weighted by molar-refractivity contribution is -0.137. The Morgan fingerprint density at radius 1 is 0.886 bits per heavy atom. The van der Waals surface area contributed by atoms with Gasteiger partial charge in [-0.2, -0.15) is 5.26 Å². The Kier molecular flexibility index (Phi) is 8.16. The van der Waals surface area contributed by atoms with Crippen LogP contribution in [0.15, 0.2) is 72.8 Å². The van der Waals surface area contributed by atoms with Crippen LogP contribution in [-0.4, -0.2) is 34.8 Å². The molecule has 1 atom stereocenters. The average molecular weight is 491 g/mol. The van der Waals surface area contributed by atoms with Crippen molar-refractivity contribution in [2.45, 2.75) is 12.5 Å². The molecule has 10 heteroatoms. The molecule has 0 saturated carbocycles. The number of hydrogen-bond acceptors (Lipinski definition) is 5. The summed E-state index contributed by atoms with van der Waals surface area (Å²) in [4.78, 5) is 49.0. The molecule has 0 spiro atoms. The van der Waals surface area contributed by atoms with Gasteiger partial charge >= 0.3 is 17.8 Å². The van der Waals surface area contributed by atoms with E-state index in [0.29, 0.717) is 5.69 Å². The zero-order chi connectivity index (χ0) is 25.4. The first-order valence-electron chi connectivity index (χ1n) is 10.3. The highest BCUT2D eigenvalue weighted by Crippen LogP contribution is 2.18. The molecule has 0 aliphatic heterocycles. The smallest absolute Gasteiger partial charge is 0.335 e. The fourth-order valence-corrected chi connectivity index (χ4v) is 3.36. The molecule has 35 heavy (non-hydrogen) atoms. The quantitative estimate of drug-likeness (QED) is 0.374. The van der Waals surface area contributed by atoms with E-state index in [-0.39, 0.29) is 28.3 Å². The molecule has 0 fully saturated rings. The monoisotopic (exact) mass is 490 g/mol. The molecule has 0 radical (unpaired) electrons. The molecular weight excluding hydrogens is 472 g/mol. The van der Waals surface area contributed by atoms with E-state index in [2.05, 4.69) is 16.0 Å². The first-order valence-corrected chi connectivity index (χ1v) is 10.6. The summed E-state index contributed by atoms with van der Waals surface area (Å²) < 4.78 is 0. The number of rotatable bonds is 7. The molecule has 0 saturated heterocycles. The van der Waals surface area contributed by atoms with Crippen LogP contribution < -0.4 is 16.0 Å². The number of aromatic carboxylic acids is 1. The maximum absolute atomic E-state index is 13.0. The van der Waals surface area contributed by atoms with E-state index in [0.717, 1.165) is 5.56 Å². The molecule has 3 aromatic carbocycles. The molecule has 4 N–H and O–H groups in total. The number of anilines is 2. The molecule has 0 unspecified atom stereocenters. The van der Waals surface area contributed by atoms with Crippen molar-refractivity contribution in [3.05, 3.63) is 94.5 Å². The molecular formula is C25H19ClN4O5. The summed E-state index contributed by atoms with van der Waals surface area (Å²) in [5.74, 6) is -3.83. The topological polar surface area (TPSA) is 148 Å². The van der Waals surface area contributed by atoms with E-state index in [1.165, 1.54) is 42.5 Å². The van der Waals surface area contributed by atoms with Crippen LogP contribution in [0, 0.1) is 11.3 Å². The van der Waals surface area contributed by atoms with Crippen molar-refractivity contribution in [1.29, 1.82) is 5.26 Å². The van der Waals surface area contributed by atoms with E-state index in [1.54, 1.807) is 30.3 Å². The van der Waals surface area contributed by atoms with Crippen molar-refractivity contribution in [3.8, 4) is 6.07 Å². The zero-order valence-electron chi connectivity index (χ0n) is 18.1. The molecule has 0 aliphatic carbocycles. The normalized spacial score (nSPS) is 11.0. The van der Waals surface area contributed by atoms with Gasteiger partial charge in [0.05, 0.1) is 17.2 Å². The van der Waals surface area contributed by atoms with Gasteiger partial charge in [0.1, 0.15) is 6.04 Å². The number of carboxylic acid groups (broad SMARTS) is 1. The van der Waals surface area contributed by atoms with Crippen LogP contribution in [0.5, 0.6) is 0 Å². The number of carbonyl (C=O) groups excluding carboxylic acids is 3. The highest BCUT2D eigenvalue weighted by molar-refractivity contribution is 6.40. The van der Waals surface area contributed by atoms with E-state index in [4.69, 9.17) is 22.0 Å². The Morgan fingerprint density at radius 2 is 1.57 bits per heavy atom. The van der Waals surface area contributed by atoms with Crippen LogP contribution in [0.4, 0.5) is 11.4 Å². The van der Waals surface area contributed by atoms with Crippen LogP contribution in [0.1, 0.15) is 21.5 Å². The van der Waals surface area contributed by atoms with Crippen LogP contribution in [-0.2, 0) is 20.8 Å². The predicted molar refractivity (Wildman–Crippen MR) is 129 cm³/mol. The fourth-order valence-electron chi connectivity index (χ4n) is 3.12. The average Bonchev–Trinajstić information content (AvgIpc) is 2.84. The molecule has 176 valence electrons. The zero-order valence-corrected chi connectivity index (χ0v) is 18.9. The first-order chi connectivity index (χ1) is 16.7. The number of amides is 3. The van der Waals surface area contributed by atoms with Crippen molar-refractivity contribution in [2.75, 3.05) is 10.6 Å².